The zero-order valence-corrected chi connectivity index (χ0v) is 16.8. The van der Waals surface area contributed by atoms with Gasteiger partial charge in [-0.15, -0.1) is 11.3 Å². The molecule has 3 aromatic rings. The van der Waals surface area contributed by atoms with Gasteiger partial charge in [-0.05, 0) is 30.7 Å². The van der Waals surface area contributed by atoms with E-state index in [9.17, 15) is 9.59 Å². The van der Waals surface area contributed by atoms with E-state index in [4.69, 9.17) is 27.9 Å². The molecule has 0 bridgehead atoms. The van der Waals surface area contributed by atoms with Crippen molar-refractivity contribution in [2.24, 2.45) is 0 Å². The predicted octanol–water partition coefficient (Wildman–Crippen LogP) is 6.07. The van der Waals surface area contributed by atoms with Gasteiger partial charge in [-0.2, -0.15) is 0 Å². The van der Waals surface area contributed by atoms with Gasteiger partial charge in [0.15, 0.2) is 0 Å². The number of esters is 1. The SMILES string of the molecule is COC(=O)c1c(-c2ccc(C)cc2)csc1NC(=O)c1ccc(Cl)c(Cl)c1. The van der Waals surface area contributed by atoms with Crippen LogP contribution in [0.4, 0.5) is 5.00 Å². The monoisotopic (exact) mass is 419 g/mol. The van der Waals surface area contributed by atoms with Crippen molar-refractivity contribution in [3.05, 3.63) is 74.6 Å². The predicted molar refractivity (Wildman–Crippen MR) is 110 cm³/mol. The number of ether oxygens (including phenoxy) is 1. The van der Waals surface area contributed by atoms with Crippen LogP contribution in [-0.4, -0.2) is 19.0 Å². The van der Waals surface area contributed by atoms with Crippen molar-refractivity contribution >= 4 is 51.4 Å². The molecule has 0 unspecified atom stereocenters. The summed E-state index contributed by atoms with van der Waals surface area (Å²) in [7, 11) is 1.31. The Labute approximate surface area is 170 Å². The lowest BCUT2D eigenvalue weighted by Crippen LogP contribution is -2.14. The van der Waals surface area contributed by atoms with E-state index in [1.165, 1.54) is 24.5 Å². The molecule has 0 radical (unpaired) electrons. The highest BCUT2D eigenvalue weighted by molar-refractivity contribution is 7.15. The number of halogens is 2. The lowest BCUT2D eigenvalue weighted by Gasteiger charge is -2.08. The van der Waals surface area contributed by atoms with Crippen LogP contribution in [0.15, 0.2) is 47.8 Å². The lowest BCUT2D eigenvalue weighted by molar-refractivity contribution is 0.0603. The Hall–Kier alpha value is -2.34. The number of anilines is 1. The maximum absolute atomic E-state index is 12.6. The van der Waals surface area contributed by atoms with Crippen LogP contribution in [0, 0.1) is 6.92 Å². The summed E-state index contributed by atoms with van der Waals surface area (Å²) in [6.45, 7) is 1.99. The third-order valence-electron chi connectivity index (χ3n) is 3.95. The first kappa shape index (κ1) is 19.4. The lowest BCUT2D eigenvalue weighted by atomic mass is 10.0. The van der Waals surface area contributed by atoms with Gasteiger partial charge in [0.2, 0.25) is 0 Å². The molecule has 0 fully saturated rings. The summed E-state index contributed by atoms with van der Waals surface area (Å²) >= 11 is 13.1. The molecule has 138 valence electrons. The van der Waals surface area contributed by atoms with Gasteiger partial charge in [-0.25, -0.2) is 4.79 Å². The first-order valence-corrected chi connectivity index (χ1v) is 9.57. The molecule has 1 heterocycles. The van der Waals surface area contributed by atoms with Crippen molar-refractivity contribution in [3.63, 3.8) is 0 Å². The molecule has 0 aliphatic rings. The molecule has 0 saturated carbocycles. The van der Waals surface area contributed by atoms with Gasteiger partial charge in [0.1, 0.15) is 10.6 Å². The molecular weight excluding hydrogens is 405 g/mol. The highest BCUT2D eigenvalue weighted by Crippen LogP contribution is 2.36. The minimum atomic E-state index is -0.517. The van der Waals surface area contributed by atoms with Crippen molar-refractivity contribution in [1.82, 2.24) is 0 Å². The largest absolute Gasteiger partial charge is 0.465 e. The molecule has 1 N–H and O–H groups in total. The third-order valence-corrected chi connectivity index (χ3v) is 5.59. The summed E-state index contributed by atoms with van der Waals surface area (Å²) in [6, 6.07) is 12.4. The fourth-order valence-electron chi connectivity index (χ4n) is 2.51. The van der Waals surface area contributed by atoms with Crippen LogP contribution in [0.25, 0.3) is 11.1 Å². The molecule has 7 heteroatoms. The minimum Gasteiger partial charge on any atom is -0.465 e. The fourth-order valence-corrected chi connectivity index (χ4v) is 3.76. The van der Waals surface area contributed by atoms with Crippen LogP contribution in [0.1, 0.15) is 26.3 Å². The summed E-state index contributed by atoms with van der Waals surface area (Å²) in [4.78, 5) is 24.9. The second-order valence-electron chi connectivity index (χ2n) is 5.79. The maximum Gasteiger partial charge on any atom is 0.341 e. The van der Waals surface area contributed by atoms with E-state index in [2.05, 4.69) is 5.32 Å². The first-order valence-electron chi connectivity index (χ1n) is 7.94. The Bertz CT molecular complexity index is 1010. The van der Waals surface area contributed by atoms with Crippen LogP contribution in [0.5, 0.6) is 0 Å². The van der Waals surface area contributed by atoms with Crippen LogP contribution >= 0.6 is 34.5 Å². The zero-order valence-electron chi connectivity index (χ0n) is 14.5. The number of carbonyl (C=O) groups is 2. The summed E-state index contributed by atoms with van der Waals surface area (Å²) in [5, 5.41) is 5.64. The Morgan fingerprint density at radius 3 is 2.37 bits per heavy atom. The van der Waals surface area contributed by atoms with Crippen molar-refractivity contribution in [2.45, 2.75) is 6.92 Å². The average molecular weight is 420 g/mol. The van der Waals surface area contributed by atoms with E-state index < -0.39 is 11.9 Å². The van der Waals surface area contributed by atoms with Crippen molar-refractivity contribution in [1.29, 1.82) is 0 Å². The van der Waals surface area contributed by atoms with Gasteiger partial charge in [0.05, 0.1) is 17.2 Å². The van der Waals surface area contributed by atoms with E-state index in [1.807, 2.05) is 36.6 Å². The number of aryl methyl sites for hydroxylation is 1. The van der Waals surface area contributed by atoms with E-state index in [0.717, 1.165) is 11.1 Å². The minimum absolute atomic E-state index is 0.282. The molecule has 0 spiro atoms. The number of amides is 1. The van der Waals surface area contributed by atoms with Gasteiger partial charge >= 0.3 is 5.97 Å². The average Bonchev–Trinajstić information content (AvgIpc) is 3.07. The standard InChI is InChI=1S/C20H15Cl2NO3S/c1-11-3-5-12(6-4-11)14-10-27-19(17(14)20(25)26-2)23-18(24)13-7-8-15(21)16(22)9-13/h3-10H,1-2H3,(H,23,24). The molecule has 2 aromatic carbocycles. The molecule has 0 saturated heterocycles. The zero-order chi connectivity index (χ0) is 19.6. The van der Waals surface area contributed by atoms with Crippen molar-refractivity contribution < 1.29 is 14.3 Å². The number of methoxy groups -OCH3 is 1. The fraction of sp³-hybridized carbons (Fsp3) is 0.100. The first-order chi connectivity index (χ1) is 12.9. The summed E-state index contributed by atoms with van der Waals surface area (Å²) in [5.74, 6) is -0.910. The second-order valence-corrected chi connectivity index (χ2v) is 7.49. The highest BCUT2D eigenvalue weighted by Gasteiger charge is 2.22. The van der Waals surface area contributed by atoms with E-state index >= 15 is 0 Å². The van der Waals surface area contributed by atoms with E-state index in [0.29, 0.717) is 26.7 Å². The summed E-state index contributed by atoms with van der Waals surface area (Å²) in [6.07, 6.45) is 0. The summed E-state index contributed by atoms with van der Waals surface area (Å²) < 4.78 is 4.92. The molecule has 4 nitrogen and oxygen atoms in total. The van der Waals surface area contributed by atoms with E-state index in [-0.39, 0.29) is 5.02 Å². The second kappa shape index (κ2) is 8.13. The topological polar surface area (TPSA) is 55.4 Å². The number of hydrogen-bond acceptors (Lipinski definition) is 4. The summed E-state index contributed by atoms with van der Waals surface area (Å²) in [5.41, 5.74) is 3.34. The van der Waals surface area contributed by atoms with Crippen molar-refractivity contribution in [3.8, 4) is 11.1 Å². The Morgan fingerprint density at radius 1 is 1.04 bits per heavy atom. The molecular formula is C20H15Cl2NO3S. The van der Waals surface area contributed by atoms with Gasteiger partial charge < -0.3 is 10.1 Å². The number of benzene rings is 2. The van der Waals surface area contributed by atoms with Gasteiger partial charge in [-0.3, -0.25) is 4.79 Å². The molecule has 27 heavy (non-hydrogen) atoms. The van der Waals surface area contributed by atoms with Crippen LogP contribution < -0.4 is 5.32 Å². The normalized spacial score (nSPS) is 10.5. The Kier molecular flexibility index (Phi) is 5.85. The molecule has 1 amide bonds. The molecule has 1 aromatic heterocycles. The molecule has 0 aliphatic carbocycles. The third kappa shape index (κ3) is 4.16. The smallest absolute Gasteiger partial charge is 0.341 e. The Morgan fingerprint density at radius 2 is 1.74 bits per heavy atom. The number of rotatable bonds is 4. The Balaban J connectivity index is 1.97. The van der Waals surface area contributed by atoms with Crippen molar-refractivity contribution in [2.75, 3.05) is 12.4 Å². The van der Waals surface area contributed by atoms with Crippen LogP contribution in [0.2, 0.25) is 10.0 Å². The number of carbonyl (C=O) groups excluding carboxylic acids is 2. The molecule has 0 atom stereocenters. The maximum atomic E-state index is 12.6. The molecule has 0 aliphatic heterocycles. The van der Waals surface area contributed by atoms with Gasteiger partial charge in [-0.1, -0.05) is 53.0 Å². The number of nitrogens with one attached hydrogen (secondary N) is 1. The van der Waals surface area contributed by atoms with Crippen LogP contribution in [0.3, 0.4) is 0 Å². The van der Waals surface area contributed by atoms with Crippen LogP contribution in [-0.2, 0) is 4.74 Å². The molecule has 3 rings (SSSR count). The quantitative estimate of drug-likeness (QED) is 0.522. The van der Waals surface area contributed by atoms with E-state index in [1.54, 1.807) is 12.1 Å². The van der Waals surface area contributed by atoms with Gasteiger partial charge in [0, 0.05) is 16.5 Å². The number of thiophene rings is 1. The number of hydrogen-bond donors (Lipinski definition) is 1. The van der Waals surface area contributed by atoms with Gasteiger partial charge in [0.25, 0.3) is 5.91 Å². The highest BCUT2D eigenvalue weighted by atomic mass is 35.5.